The van der Waals surface area contributed by atoms with Gasteiger partial charge in [-0.15, -0.1) is 0 Å². The number of benzene rings is 1. The predicted octanol–water partition coefficient (Wildman–Crippen LogP) is 2.85. The Morgan fingerprint density at radius 2 is 1.64 bits per heavy atom. The van der Waals surface area contributed by atoms with Gasteiger partial charge in [-0.3, -0.25) is 9.59 Å². The Morgan fingerprint density at radius 3 is 2.24 bits per heavy atom. The van der Waals surface area contributed by atoms with Crippen LogP contribution in [0.25, 0.3) is 0 Å². The van der Waals surface area contributed by atoms with Crippen molar-refractivity contribution in [2.24, 2.45) is 5.41 Å². The van der Waals surface area contributed by atoms with Gasteiger partial charge in [-0.25, -0.2) is 0 Å². The molecule has 1 fully saturated rings. The molecule has 2 rings (SSSR count). The zero-order valence-corrected chi connectivity index (χ0v) is 15.7. The Balaban J connectivity index is 1.70. The molecule has 5 nitrogen and oxygen atoms in total. The van der Waals surface area contributed by atoms with E-state index in [2.05, 4.69) is 39.8 Å². The van der Waals surface area contributed by atoms with Crippen molar-refractivity contribution in [2.75, 3.05) is 24.5 Å². The molecule has 1 aliphatic rings. The van der Waals surface area contributed by atoms with Gasteiger partial charge >= 0.3 is 0 Å². The van der Waals surface area contributed by atoms with Crippen LogP contribution in [0.5, 0.6) is 0 Å². The Hall–Kier alpha value is -2.04. The van der Waals surface area contributed by atoms with Crippen molar-refractivity contribution < 1.29 is 9.59 Å². The number of hydrogen-bond acceptors (Lipinski definition) is 3. The van der Waals surface area contributed by atoms with Crippen LogP contribution in [0.3, 0.4) is 0 Å². The topological polar surface area (TPSA) is 61.4 Å². The van der Waals surface area contributed by atoms with E-state index >= 15 is 0 Å². The third-order valence-corrected chi connectivity index (χ3v) is 4.47. The molecule has 0 bridgehead atoms. The van der Waals surface area contributed by atoms with Gasteiger partial charge in [0.15, 0.2) is 0 Å². The summed E-state index contributed by atoms with van der Waals surface area (Å²) in [5.41, 5.74) is 1.93. The van der Waals surface area contributed by atoms with Crippen LogP contribution in [0.1, 0.15) is 52.0 Å². The van der Waals surface area contributed by atoms with Gasteiger partial charge in [0, 0.05) is 43.7 Å². The van der Waals surface area contributed by atoms with E-state index in [0.717, 1.165) is 18.7 Å². The van der Waals surface area contributed by atoms with E-state index in [1.807, 2.05) is 20.8 Å². The summed E-state index contributed by atoms with van der Waals surface area (Å²) in [7, 11) is 0. The molecule has 0 radical (unpaired) electrons. The maximum Gasteiger partial charge on any atom is 0.225 e. The molecule has 2 amide bonds. The van der Waals surface area contributed by atoms with E-state index in [1.54, 1.807) is 0 Å². The number of nitrogens with one attached hydrogen (secondary N) is 2. The highest BCUT2D eigenvalue weighted by molar-refractivity contribution is 5.82. The second-order valence-corrected chi connectivity index (χ2v) is 7.75. The summed E-state index contributed by atoms with van der Waals surface area (Å²) in [5.74, 6) is -0.0806. The first-order valence-electron chi connectivity index (χ1n) is 9.25. The Bertz CT molecular complexity index is 570. The molecule has 138 valence electrons. The lowest BCUT2D eigenvalue weighted by Crippen LogP contribution is -2.37. The van der Waals surface area contributed by atoms with Gasteiger partial charge in [-0.05, 0) is 37.0 Å². The van der Waals surface area contributed by atoms with Crippen LogP contribution in [-0.4, -0.2) is 31.4 Å². The van der Waals surface area contributed by atoms with Crippen molar-refractivity contribution in [3.05, 3.63) is 29.8 Å². The fourth-order valence-corrected chi connectivity index (χ4v) is 2.82. The van der Waals surface area contributed by atoms with E-state index in [4.69, 9.17) is 0 Å². The minimum Gasteiger partial charge on any atom is -0.372 e. The van der Waals surface area contributed by atoms with Crippen LogP contribution >= 0.6 is 0 Å². The number of hydrogen-bond donors (Lipinski definition) is 2. The van der Waals surface area contributed by atoms with E-state index in [9.17, 15) is 9.59 Å². The first-order valence-corrected chi connectivity index (χ1v) is 9.25. The molecule has 0 aromatic heterocycles. The first-order chi connectivity index (χ1) is 11.9. The van der Waals surface area contributed by atoms with Gasteiger partial charge < -0.3 is 15.5 Å². The average molecular weight is 345 g/mol. The van der Waals surface area contributed by atoms with E-state index in [0.29, 0.717) is 19.5 Å². The Labute approximate surface area is 151 Å². The van der Waals surface area contributed by atoms with Crippen LogP contribution < -0.4 is 15.5 Å². The average Bonchev–Trinajstić information content (AvgIpc) is 2.60. The first kappa shape index (κ1) is 19.3. The molecule has 1 aromatic rings. The van der Waals surface area contributed by atoms with Gasteiger partial charge in [0.1, 0.15) is 0 Å². The smallest absolute Gasteiger partial charge is 0.225 e. The molecule has 5 heteroatoms. The molecule has 25 heavy (non-hydrogen) atoms. The normalized spacial score (nSPS) is 14.9. The van der Waals surface area contributed by atoms with Crippen molar-refractivity contribution in [3.8, 4) is 0 Å². The molecule has 1 heterocycles. The van der Waals surface area contributed by atoms with Crippen molar-refractivity contribution in [3.63, 3.8) is 0 Å². The maximum absolute atomic E-state index is 11.9. The standard InChI is InChI=1S/C20H31N3O2/c1-20(2,3)19(25)21-12-11-18(24)22-15-16-7-9-17(10-8-16)23-13-5-4-6-14-23/h7-10H,4-6,11-15H2,1-3H3,(H,21,25)(H,22,24). The molecule has 2 N–H and O–H groups in total. The third-order valence-electron chi connectivity index (χ3n) is 4.47. The minimum absolute atomic E-state index is 0.0337. The lowest BCUT2D eigenvalue weighted by atomic mass is 9.96. The molecule has 1 aromatic carbocycles. The van der Waals surface area contributed by atoms with Crippen LogP contribution in [0.15, 0.2) is 24.3 Å². The number of anilines is 1. The molecule has 0 unspecified atom stereocenters. The summed E-state index contributed by atoms with van der Waals surface area (Å²) < 4.78 is 0. The SMILES string of the molecule is CC(C)(C)C(=O)NCCC(=O)NCc1ccc(N2CCCCC2)cc1. The fraction of sp³-hybridized carbons (Fsp3) is 0.600. The van der Waals surface area contributed by atoms with Gasteiger partial charge in [0.2, 0.25) is 11.8 Å². The number of carbonyl (C=O) groups excluding carboxylic acids is 2. The molecule has 0 atom stereocenters. The van der Waals surface area contributed by atoms with Gasteiger partial charge in [-0.1, -0.05) is 32.9 Å². The summed E-state index contributed by atoms with van der Waals surface area (Å²) in [4.78, 5) is 26.1. The van der Waals surface area contributed by atoms with Crippen molar-refractivity contribution in [2.45, 2.75) is 53.0 Å². The molecule has 1 saturated heterocycles. The molecule has 1 aliphatic heterocycles. The second kappa shape index (κ2) is 8.88. The highest BCUT2D eigenvalue weighted by Gasteiger charge is 2.20. The number of rotatable bonds is 6. The molecule has 0 saturated carbocycles. The molecule has 0 spiro atoms. The summed E-state index contributed by atoms with van der Waals surface area (Å²) in [6.45, 7) is 8.73. The predicted molar refractivity (Wildman–Crippen MR) is 101 cm³/mol. The van der Waals surface area contributed by atoms with Gasteiger partial charge in [0.05, 0.1) is 0 Å². The number of carbonyl (C=O) groups is 2. The van der Waals surface area contributed by atoms with Crippen LogP contribution in [-0.2, 0) is 16.1 Å². The number of nitrogens with zero attached hydrogens (tertiary/aromatic N) is 1. The number of piperidine rings is 1. The lowest BCUT2D eigenvalue weighted by molar-refractivity contribution is -0.128. The highest BCUT2D eigenvalue weighted by atomic mass is 16.2. The molecule has 0 aliphatic carbocycles. The monoisotopic (exact) mass is 345 g/mol. The third kappa shape index (κ3) is 6.40. The summed E-state index contributed by atoms with van der Waals surface area (Å²) in [6.07, 6.45) is 4.16. The summed E-state index contributed by atoms with van der Waals surface area (Å²) in [6, 6.07) is 8.42. The molecular weight excluding hydrogens is 314 g/mol. The zero-order chi connectivity index (χ0) is 18.3. The Morgan fingerprint density at radius 1 is 1.00 bits per heavy atom. The van der Waals surface area contributed by atoms with Crippen molar-refractivity contribution in [1.29, 1.82) is 0 Å². The van der Waals surface area contributed by atoms with Gasteiger partial charge in [-0.2, -0.15) is 0 Å². The van der Waals surface area contributed by atoms with Crippen molar-refractivity contribution in [1.82, 2.24) is 10.6 Å². The van der Waals surface area contributed by atoms with Crippen LogP contribution in [0.2, 0.25) is 0 Å². The van der Waals surface area contributed by atoms with E-state index < -0.39 is 5.41 Å². The maximum atomic E-state index is 11.9. The summed E-state index contributed by atoms with van der Waals surface area (Å²) in [5, 5.41) is 5.70. The summed E-state index contributed by atoms with van der Waals surface area (Å²) >= 11 is 0. The quantitative estimate of drug-likeness (QED) is 0.833. The van der Waals surface area contributed by atoms with Crippen LogP contribution in [0.4, 0.5) is 5.69 Å². The van der Waals surface area contributed by atoms with Gasteiger partial charge in [0.25, 0.3) is 0 Å². The zero-order valence-electron chi connectivity index (χ0n) is 15.7. The fourth-order valence-electron chi connectivity index (χ4n) is 2.82. The Kier molecular flexibility index (Phi) is 6.85. The van der Waals surface area contributed by atoms with E-state index in [-0.39, 0.29) is 11.8 Å². The largest absolute Gasteiger partial charge is 0.372 e. The van der Waals surface area contributed by atoms with E-state index in [1.165, 1.54) is 24.9 Å². The van der Waals surface area contributed by atoms with Crippen LogP contribution in [0, 0.1) is 5.41 Å². The minimum atomic E-state index is -0.424. The highest BCUT2D eigenvalue weighted by Crippen LogP contribution is 2.20. The molecular formula is C20H31N3O2. The lowest BCUT2D eigenvalue weighted by Gasteiger charge is -2.28. The second-order valence-electron chi connectivity index (χ2n) is 7.75. The number of amides is 2. The van der Waals surface area contributed by atoms with Crippen molar-refractivity contribution >= 4 is 17.5 Å².